The van der Waals surface area contributed by atoms with Crippen LogP contribution in [0.4, 0.5) is 0 Å². The first kappa shape index (κ1) is 16.1. The third-order valence-corrected chi connectivity index (χ3v) is 4.59. The predicted molar refractivity (Wildman–Crippen MR) is 99.5 cm³/mol. The van der Waals surface area contributed by atoms with E-state index in [4.69, 9.17) is 0 Å². The van der Waals surface area contributed by atoms with E-state index in [1.807, 2.05) is 47.0 Å². The molecule has 1 saturated heterocycles. The molecular formula is C21H19N3O2. The molecule has 1 unspecified atom stereocenters. The molecular weight excluding hydrogens is 326 g/mol. The number of nitrogens with zero attached hydrogens (tertiary/aromatic N) is 2. The summed E-state index contributed by atoms with van der Waals surface area (Å²) in [6.07, 6.45) is 2.32. The number of aromatic hydroxyl groups is 1. The van der Waals surface area contributed by atoms with Crippen molar-refractivity contribution in [1.82, 2.24) is 14.9 Å². The Morgan fingerprint density at radius 3 is 2.69 bits per heavy atom. The average Bonchev–Trinajstić information content (AvgIpc) is 3.18. The number of nitrogens with one attached hydrogen (secondary N) is 1. The number of rotatable bonds is 4. The zero-order chi connectivity index (χ0) is 18.1. The molecule has 1 atom stereocenters. The van der Waals surface area contributed by atoms with Crippen LogP contribution in [0.5, 0.6) is 5.75 Å². The molecule has 1 fully saturated rings. The summed E-state index contributed by atoms with van der Waals surface area (Å²) in [5.74, 6) is -0.151. The van der Waals surface area contributed by atoms with Crippen molar-refractivity contribution in [2.45, 2.75) is 18.9 Å². The lowest BCUT2D eigenvalue weighted by atomic mass is 9.97. The molecule has 1 aliphatic heterocycles. The summed E-state index contributed by atoms with van der Waals surface area (Å²) >= 11 is 0. The van der Waals surface area contributed by atoms with Crippen LogP contribution in [0.15, 0.2) is 73.2 Å². The first-order valence-corrected chi connectivity index (χ1v) is 8.49. The number of allylic oxidation sites excluding steroid dienone is 1. The van der Waals surface area contributed by atoms with Gasteiger partial charge in [-0.1, -0.05) is 49.0 Å². The number of hydrogen-bond acceptors (Lipinski definition) is 3. The molecule has 3 aromatic rings. The maximum Gasteiger partial charge on any atom is 0.233 e. The van der Waals surface area contributed by atoms with Crippen molar-refractivity contribution in [3.63, 3.8) is 0 Å². The van der Waals surface area contributed by atoms with Crippen molar-refractivity contribution in [2.24, 2.45) is 0 Å². The minimum absolute atomic E-state index is 0.0511. The van der Waals surface area contributed by atoms with Crippen molar-refractivity contribution >= 4 is 5.91 Å². The Morgan fingerprint density at radius 2 is 2.00 bits per heavy atom. The fraction of sp³-hybridized carbons (Fsp3) is 0.143. The lowest BCUT2D eigenvalue weighted by molar-refractivity contribution is -0.120. The standard InChI is InChI=1S/C21H19N3O2/c1-14-10-18(21(26)23-14)20-19(16-7-3-2-4-8-16)22-13-24(20)12-15-6-5-9-17(25)11-15/h2-9,11,13,18,25H,1,10,12H2,(H,23,26). The minimum Gasteiger partial charge on any atom is -0.508 e. The summed E-state index contributed by atoms with van der Waals surface area (Å²) in [6, 6.07) is 17.0. The lowest BCUT2D eigenvalue weighted by Crippen LogP contribution is -2.20. The van der Waals surface area contributed by atoms with Gasteiger partial charge in [-0.15, -0.1) is 0 Å². The molecule has 0 radical (unpaired) electrons. The molecule has 26 heavy (non-hydrogen) atoms. The maximum absolute atomic E-state index is 12.5. The van der Waals surface area contributed by atoms with Gasteiger partial charge >= 0.3 is 0 Å². The third kappa shape index (κ3) is 2.99. The Balaban J connectivity index is 1.80. The van der Waals surface area contributed by atoms with Crippen LogP contribution in [-0.2, 0) is 11.3 Å². The van der Waals surface area contributed by atoms with Crippen molar-refractivity contribution in [3.8, 4) is 17.0 Å². The highest BCUT2D eigenvalue weighted by Crippen LogP contribution is 2.35. The van der Waals surface area contributed by atoms with Gasteiger partial charge in [0.1, 0.15) is 5.75 Å². The molecule has 0 bridgehead atoms. The molecule has 0 aliphatic carbocycles. The van der Waals surface area contributed by atoms with Crippen LogP contribution in [0.2, 0.25) is 0 Å². The van der Waals surface area contributed by atoms with Crippen LogP contribution in [-0.4, -0.2) is 20.6 Å². The highest BCUT2D eigenvalue weighted by atomic mass is 16.3. The normalized spacial score (nSPS) is 16.7. The predicted octanol–water partition coefficient (Wildman–Crippen LogP) is 3.42. The van der Waals surface area contributed by atoms with Gasteiger partial charge in [0, 0.05) is 24.2 Å². The van der Waals surface area contributed by atoms with Gasteiger partial charge in [0.05, 0.1) is 23.6 Å². The van der Waals surface area contributed by atoms with Crippen LogP contribution in [0, 0.1) is 0 Å². The quantitative estimate of drug-likeness (QED) is 0.761. The number of benzene rings is 2. The molecule has 2 aromatic carbocycles. The number of carbonyl (C=O) groups is 1. The van der Waals surface area contributed by atoms with Crippen molar-refractivity contribution < 1.29 is 9.90 Å². The molecule has 0 saturated carbocycles. The molecule has 5 nitrogen and oxygen atoms in total. The van der Waals surface area contributed by atoms with E-state index in [1.54, 1.807) is 18.5 Å². The van der Waals surface area contributed by atoms with Crippen LogP contribution >= 0.6 is 0 Å². The fourth-order valence-electron chi connectivity index (χ4n) is 3.43. The zero-order valence-electron chi connectivity index (χ0n) is 14.2. The number of aromatic nitrogens is 2. The molecule has 2 heterocycles. The first-order valence-electron chi connectivity index (χ1n) is 8.49. The summed E-state index contributed by atoms with van der Waals surface area (Å²) in [7, 11) is 0. The van der Waals surface area contributed by atoms with Crippen LogP contribution in [0.25, 0.3) is 11.3 Å². The summed E-state index contributed by atoms with van der Waals surface area (Å²) < 4.78 is 1.99. The van der Waals surface area contributed by atoms with Crippen LogP contribution in [0.1, 0.15) is 23.6 Å². The second kappa shape index (κ2) is 6.52. The fourth-order valence-corrected chi connectivity index (χ4v) is 3.43. The van der Waals surface area contributed by atoms with E-state index in [0.29, 0.717) is 13.0 Å². The number of amides is 1. The molecule has 5 heteroatoms. The lowest BCUT2D eigenvalue weighted by Gasteiger charge is -2.14. The second-order valence-corrected chi connectivity index (χ2v) is 6.49. The molecule has 1 aliphatic rings. The molecule has 2 N–H and O–H groups in total. The SMILES string of the molecule is C=C1CC(c2c(-c3ccccc3)ncn2Cc2cccc(O)c2)C(=O)N1. The molecule has 130 valence electrons. The van der Waals surface area contributed by atoms with Crippen molar-refractivity contribution in [3.05, 3.63) is 84.5 Å². The average molecular weight is 345 g/mol. The van der Waals surface area contributed by atoms with E-state index in [0.717, 1.165) is 28.2 Å². The summed E-state index contributed by atoms with van der Waals surface area (Å²) in [4.78, 5) is 17.1. The smallest absolute Gasteiger partial charge is 0.233 e. The largest absolute Gasteiger partial charge is 0.508 e. The van der Waals surface area contributed by atoms with Crippen LogP contribution < -0.4 is 5.32 Å². The molecule has 1 amide bonds. The van der Waals surface area contributed by atoms with Gasteiger partial charge in [-0.3, -0.25) is 4.79 Å². The van der Waals surface area contributed by atoms with Crippen LogP contribution in [0.3, 0.4) is 0 Å². The number of phenolic OH excluding ortho intramolecular Hbond substituents is 1. The van der Waals surface area contributed by atoms with E-state index >= 15 is 0 Å². The summed E-state index contributed by atoms with van der Waals surface area (Å²) in [5, 5.41) is 12.6. The number of carbonyl (C=O) groups excluding carboxylic acids is 1. The van der Waals surface area contributed by atoms with Gasteiger partial charge in [0.15, 0.2) is 0 Å². The number of phenols is 1. The van der Waals surface area contributed by atoms with Gasteiger partial charge < -0.3 is 15.0 Å². The van der Waals surface area contributed by atoms with Gasteiger partial charge in [0.2, 0.25) is 5.91 Å². The number of hydrogen-bond donors (Lipinski definition) is 2. The highest BCUT2D eigenvalue weighted by molar-refractivity contribution is 5.89. The van der Waals surface area contributed by atoms with E-state index in [1.165, 1.54) is 0 Å². The Kier molecular flexibility index (Phi) is 4.05. The molecule has 4 rings (SSSR count). The molecule has 0 spiro atoms. The Hall–Kier alpha value is -3.34. The van der Waals surface area contributed by atoms with Gasteiger partial charge in [-0.2, -0.15) is 0 Å². The topological polar surface area (TPSA) is 67.1 Å². The monoisotopic (exact) mass is 345 g/mol. The zero-order valence-corrected chi connectivity index (χ0v) is 14.2. The Morgan fingerprint density at radius 1 is 1.19 bits per heavy atom. The highest BCUT2D eigenvalue weighted by Gasteiger charge is 2.33. The third-order valence-electron chi connectivity index (χ3n) is 4.59. The maximum atomic E-state index is 12.5. The van der Waals surface area contributed by atoms with Crippen molar-refractivity contribution in [2.75, 3.05) is 0 Å². The Bertz CT molecular complexity index is 976. The van der Waals surface area contributed by atoms with E-state index in [2.05, 4.69) is 16.9 Å². The van der Waals surface area contributed by atoms with Gasteiger partial charge in [-0.05, 0) is 17.7 Å². The summed E-state index contributed by atoms with van der Waals surface area (Å²) in [5.41, 5.74) is 4.32. The van der Waals surface area contributed by atoms with Gasteiger partial charge in [0.25, 0.3) is 0 Å². The van der Waals surface area contributed by atoms with Crippen molar-refractivity contribution in [1.29, 1.82) is 0 Å². The Labute approximate surface area is 151 Å². The van der Waals surface area contributed by atoms with E-state index in [9.17, 15) is 9.90 Å². The van der Waals surface area contributed by atoms with E-state index in [-0.39, 0.29) is 17.6 Å². The molecule has 1 aromatic heterocycles. The van der Waals surface area contributed by atoms with E-state index < -0.39 is 0 Å². The van der Waals surface area contributed by atoms with Gasteiger partial charge in [-0.25, -0.2) is 4.98 Å². The minimum atomic E-state index is -0.322. The number of imidazole rings is 1. The summed E-state index contributed by atoms with van der Waals surface area (Å²) in [6.45, 7) is 4.43. The first-order chi connectivity index (χ1) is 12.6. The second-order valence-electron chi connectivity index (χ2n) is 6.49.